The van der Waals surface area contributed by atoms with Gasteiger partial charge in [0.05, 0.1) is 12.5 Å². The summed E-state index contributed by atoms with van der Waals surface area (Å²) in [7, 11) is 0. The minimum atomic E-state index is 0.120. The van der Waals surface area contributed by atoms with Gasteiger partial charge in [-0.05, 0) is 31.0 Å². The molecule has 4 heteroatoms. The Morgan fingerprint density at radius 1 is 1.37 bits per heavy atom. The molecule has 0 spiro atoms. The lowest BCUT2D eigenvalue weighted by molar-refractivity contribution is -0.125. The van der Waals surface area contributed by atoms with E-state index in [1.54, 1.807) is 0 Å². The molecule has 4 nitrogen and oxygen atoms in total. The molecule has 0 radical (unpaired) electrons. The maximum atomic E-state index is 11.9. The van der Waals surface area contributed by atoms with Gasteiger partial charge < -0.3 is 15.4 Å². The number of hydrogen-bond acceptors (Lipinski definition) is 3. The highest BCUT2D eigenvalue weighted by atomic mass is 16.5. The van der Waals surface area contributed by atoms with Crippen molar-refractivity contribution in [2.75, 3.05) is 26.2 Å². The number of hydrogen-bond donors (Lipinski definition) is 2. The van der Waals surface area contributed by atoms with Crippen molar-refractivity contribution in [2.24, 2.45) is 11.8 Å². The molecule has 19 heavy (non-hydrogen) atoms. The highest BCUT2D eigenvalue weighted by Crippen LogP contribution is 2.15. The van der Waals surface area contributed by atoms with Crippen LogP contribution < -0.4 is 15.4 Å². The first-order chi connectivity index (χ1) is 9.27. The van der Waals surface area contributed by atoms with Gasteiger partial charge in [-0.3, -0.25) is 4.79 Å². The van der Waals surface area contributed by atoms with E-state index in [4.69, 9.17) is 4.74 Å². The third-order valence-electron chi connectivity index (χ3n) is 3.49. The molecule has 2 atom stereocenters. The van der Waals surface area contributed by atoms with E-state index in [9.17, 15) is 4.79 Å². The molecule has 0 aliphatic carbocycles. The fraction of sp³-hybridized carbons (Fsp3) is 0.533. The van der Waals surface area contributed by atoms with Crippen molar-refractivity contribution in [3.05, 3.63) is 30.3 Å². The van der Waals surface area contributed by atoms with Crippen molar-refractivity contribution in [1.29, 1.82) is 0 Å². The molecule has 1 aliphatic heterocycles. The first kappa shape index (κ1) is 13.9. The Labute approximate surface area is 114 Å². The van der Waals surface area contributed by atoms with E-state index in [0.717, 1.165) is 25.3 Å². The van der Waals surface area contributed by atoms with Crippen molar-refractivity contribution in [3.63, 3.8) is 0 Å². The van der Waals surface area contributed by atoms with Crippen LogP contribution in [0.3, 0.4) is 0 Å². The van der Waals surface area contributed by atoms with Gasteiger partial charge in [0, 0.05) is 13.1 Å². The smallest absolute Gasteiger partial charge is 0.224 e. The van der Waals surface area contributed by atoms with Crippen molar-refractivity contribution in [2.45, 2.75) is 13.3 Å². The number of benzene rings is 1. The normalized spacial score (nSPS) is 22.2. The summed E-state index contributed by atoms with van der Waals surface area (Å²) in [6.45, 7) is 5.16. The molecule has 104 valence electrons. The maximum absolute atomic E-state index is 11.9. The average Bonchev–Trinajstić information content (AvgIpc) is 2.86. The van der Waals surface area contributed by atoms with Crippen LogP contribution in [-0.4, -0.2) is 32.1 Å². The molecule has 0 unspecified atom stereocenters. The monoisotopic (exact) mass is 262 g/mol. The molecule has 1 aromatic rings. The third kappa shape index (κ3) is 4.24. The number of carbonyl (C=O) groups excluding carboxylic acids is 1. The molecule has 1 aliphatic rings. The Balaban J connectivity index is 1.58. The Bertz CT molecular complexity index is 394. The van der Waals surface area contributed by atoms with Crippen LogP contribution in [0.2, 0.25) is 0 Å². The van der Waals surface area contributed by atoms with Crippen molar-refractivity contribution >= 4 is 5.91 Å². The highest BCUT2D eigenvalue weighted by Gasteiger charge is 2.28. The van der Waals surface area contributed by atoms with Gasteiger partial charge in [0.25, 0.3) is 0 Å². The molecule has 1 saturated heterocycles. The van der Waals surface area contributed by atoms with Crippen LogP contribution in [0.1, 0.15) is 13.3 Å². The van der Waals surface area contributed by atoms with Crippen LogP contribution >= 0.6 is 0 Å². The summed E-state index contributed by atoms with van der Waals surface area (Å²) in [5.74, 6) is 1.59. The van der Waals surface area contributed by atoms with Gasteiger partial charge in [0.15, 0.2) is 0 Å². The van der Waals surface area contributed by atoms with Gasteiger partial charge in [0.1, 0.15) is 5.75 Å². The Hall–Kier alpha value is -1.55. The zero-order valence-electron chi connectivity index (χ0n) is 11.4. The van der Waals surface area contributed by atoms with Gasteiger partial charge in [-0.1, -0.05) is 25.1 Å². The molecule has 0 aromatic heterocycles. The second-order valence-electron chi connectivity index (χ2n) is 5.05. The second kappa shape index (κ2) is 7.14. The molecule has 2 N–H and O–H groups in total. The Morgan fingerprint density at radius 3 is 2.84 bits per heavy atom. The summed E-state index contributed by atoms with van der Waals surface area (Å²) < 4.78 is 5.57. The quantitative estimate of drug-likeness (QED) is 0.763. The predicted octanol–water partition coefficient (Wildman–Crippen LogP) is 1.43. The molecule has 0 bridgehead atoms. The Kier molecular flexibility index (Phi) is 5.21. The van der Waals surface area contributed by atoms with E-state index in [0.29, 0.717) is 19.1 Å². The molecular weight excluding hydrogens is 240 g/mol. The summed E-state index contributed by atoms with van der Waals surface area (Å²) in [5, 5.41) is 6.22. The number of para-hydroxylation sites is 1. The zero-order valence-corrected chi connectivity index (χ0v) is 11.4. The molecule has 1 fully saturated rings. The summed E-state index contributed by atoms with van der Waals surface area (Å²) in [4.78, 5) is 11.9. The fourth-order valence-corrected chi connectivity index (χ4v) is 2.28. The summed E-state index contributed by atoms with van der Waals surface area (Å²) in [6, 6.07) is 9.73. The predicted molar refractivity (Wildman–Crippen MR) is 75.1 cm³/mol. The van der Waals surface area contributed by atoms with E-state index < -0.39 is 0 Å². The van der Waals surface area contributed by atoms with Crippen molar-refractivity contribution in [3.8, 4) is 5.75 Å². The molecular formula is C15H22N2O2. The van der Waals surface area contributed by atoms with Crippen LogP contribution in [-0.2, 0) is 4.79 Å². The van der Waals surface area contributed by atoms with Crippen LogP contribution in [0.4, 0.5) is 0 Å². The lowest BCUT2D eigenvalue weighted by Crippen LogP contribution is -2.35. The van der Waals surface area contributed by atoms with Crippen molar-refractivity contribution in [1.82, 2.24) is 10.6 Å². The highest BCUT2D eigenvalue weighted by molar-refractivity contribution is 5.79. The largest absolute Gasteiger partial charge is 0.494 e. The third-order valence-corrected chi connectivity index (χ3v) is 3.49. The summed E-state index contributed by atoms with van der Waals surface area (Å²) in [5.41, 5.74) is 0. The van der Waals surface area contributed by atoms with Crippen LogP contribution in [0.15, 0.2) is 30.3 Å². The van der Waals surface area contributed by atoms with Crippen LogP contribution in [0.5, 0.6) is 5.75 Å². The number of ether oxygens (including phenoxy) is 1. The lowest BCUT2D eigenvalue weighted by atomic mass is 9.97. The van der Waals surface area contributed by atoms with Crippen LogP contribution in [0, 0.1) is 11.8 Å². The van der Waals surface area contributed by atoms with E-state index in [2.05, 4.69) is 17.6 Å². The minimum absolute atomic E-state index is 0.120. The Morgan fingerprint density at radius 2 is 2.16 bits per heavy atom. The summed E-state index contributed by atoms with van der Waals surface area (Å²) >= 11 is 0. The van der Waals surface area contributed by atoms with Gasteiger partial charge in [-0.2, -0.15) is 0 Å². The number of nitrogens with one attached hydrogen (secondary N) is 2. The second-order valence-corrected chi connectivity index (χ2v) is 5.05. The van der Waals surface area contributed by atoms with E-state index in [1.165, 1.54) is 0 Å². The van der Waals surface area contributed by atoms with Crippen LogP contribution in [0.25, 0.3) is 0 Å². The van der Waals surface area contributed by atoms with E-state index in [-0.39, 0.29) is 11.8 Å². The van der Waals surface area contributed by atoms with E-state index in [1.807, 2.05) is 30.3 Å². The topological polar surface area (TPSA) is 50.4 Å². The lowest BCUT2D eigenvalue weighted by Gasteiger charge is -2.14. The van der Waals surface area contributed by atoms with Gasteiger partial charge in [-0.25, -0.2) is 0 Å². The standard InChI is InChI=1S/C15H22N2O2/c1-12-10-16-11-14(12)15(18)17-8-5-9-19-13-6-3-2-4-7-13/h2-4,6-7,12,14,16H,5,8-11H2,1H3,(H,17,18)/t12-,14-/m1/s1. The first-order valence-electron chi connectivity index (χ1n) is 6.93. The van der Waals surface area contributed by atoms with Gasteiger partial charge >= 0.3 is 0 Å². The molecule has 2 rings (SSSR count). The SMILES string of the molecule is C[C@@H]1CNC[C@H]1C(=O)NCCCOc1ccccc1. The number of amides is 1. The van der Waals surface area contributed by atoms with Crippen molar-refractivity contribution < 1.29 is 9.53 Å². The number of rotatable bonds is 6. The first-order valence-corrected chi connectivity index (χ1v) is 6.93. The fourth-order valence-electron chi connectivity index (χ4n) is 2.28. The number of carbonyl (C=O) groups is 1. The maximum Gasteiger partial charge on any atom is 0.224 e. The molecule has 1 aromatic carbocycles. The molecule has 1 amide bonds. The molecule has 1 heterocycles. The average molecular weight is 262 g/mol. The minimum Gasteiger partial charge on any atom is -0.494 e. The van der Waals surface area contributed by atoms with Gasteiger partial charge in [-0.15, -0.1) is 0 Å². The molecule has 0 saturated carbocycles. The van der Waals surface area contributed by atoms with Gasteiger partial charge in [0.2, 0.25) is 5.91 Å². The zero-order chi connectivity index (χ0) is 13.5. The van der Waals surface area contributed by atoms with E-state index >= 15 is 0 Å². The summed E-state index contributed by atoms with van der Waals surface area (Å²) in [6.07, 6.45) is 0.829.